The molecule has 4 aromatic rings. The summed E-state index contributed by atoms with van der Waals surface area (Å²) in [4.78, 5) is 31.6. The van der Waals surface area contributed by atoms with Gasteiger partial charge in [0, 0.05) is 60.5 Å². The maximum atomic E-state index is 13.5. The first-order valence-electron chi connectivity index (χ1n) is 13.0. The molecule has 204 valence electrons. The number of nitrogens with one attached hydrogen (secondary N) is 1. The fourth-order valence-electron chi connectivity index (χ4n) is 5.03. The second-order valence-electron chi connectivity index (χ2n) is 10.6. The number of hydrogen-bond acceptors (Lipinski definition) is 9. The Morgan fingerprint density at radius 3 is 2.44 bits per heavy atom. The third-order valence-corrected chi connectivity index (χ3v) is 6.93. The summed E-state index contributed by atoms with van der Waals surface area (Å²) in [6, 6.07) is 13.6. The van der Waals surface area contributed by atoms with Gasteiger partial charge in [-0.2, -0.15) is 0 Å². The topological polar surface area (TPSA) is 135 Å². The number of ether oxygens (including phenoxy) is 1. The van der Waals surface area contributed by atoms with Gasteiger partial charge in [-0.15, -0.1) is 5.10 Å². The van der Waals surface area contributed by atoms with Gasteiger partial charge < -0.3 is 14.6 Å². The molecule has 0 radical (unpaired) electrons. The second kappa shape index (κ2) is 10.4. The third-order valence-electron chi connectivity index (χ3n) is 6.93. The monoisotopic (exact) mass is 532 g/mol. The number of tetrazole rings is 1. The van der Waals surface area contributed by atoms with Crippen molar-refractivity contribution < 1.29 is 9.66 Å². The number of anilines is 1. The van der Waals surface area contributed by atoms with Crippen LogP contribution in [0.2, 0.25) is 0 Å². The Hall–Kier alpha value is -4.32. The van der Waals surface area contributed by atoms with Crippen molar-refractivity contribution in [3.05, 3.63) is 80.4 Å². The Bertz CT molecular complexity index is 1530. The van der Waals surface area contributed by atoms with Crippen molar-refractivity contribution in [3.8, 4) is 5.75 Å². The van der Waals surface area contributed by atoms with Crippen LogP contribution >= 0.6 is 0 Å². The van der Waals surface area contributed by atoms with E-state index in [1.807, 2.05) is 52.0 Å². The van der Waals surface area contributed by atoms with Gasteiger partial charge in [0.15, 0.2) is 5.82 Å². The molecular weight excluding hydrogens is 500 g/mol. The molecule has 1 fully saturated rings. The van der Waals surface area contributed by atoms with Gasteiger partial charge >= 0.3 is 0 Å². The van der Waals surface area contributed by atoms with Crippen LogP contribution in [0.25, 0.3) is 10.9 Å². The molecule has 1 aliphatic rings. The summed E-state index contributed by atoms with van der Waals surface area (Å²) in [5.41, 5.74) is 1.67. The molecule has 1 saturated heterocycles. The lowest BCUT2D eigenvalue weighted by Gasteiger charge is -2.40. The minimum Gasteiger partial charge on any atom is -0.494 e. The average molecular weight is 533 g/mol. The van der Waals surface area contributed by atoms with Crippen molar-refractivity contribution in [1.82, 2.24) is 30.1 Å². The van der Waals surface area contributed by atoms with Crippen molar-refractivity contribution in [2.45, 2.75) is 39.3 Å². The number of rotatable bonds is 7. The molecule has 1 N–H and O–H groups in total. The van der Waals surface area contributed by atoms with Crippen LogP contribution < -0.4 is 15.2 Å². The van der Waals surface area contributed by atoms with Gasteiger partial charge in [0.1, 0.15) is 11.8 Å². The van der Waals surface area contributed by atoms with Gasteiger partial charge in [0.25, 0.3) is 11.2 Å². The molecule has 3 heterocycles. The van der Waals surface area contributed by atoms with Gasteiger partial charge in [0.2, 0.25) is 0 Å². The zero-order valence-corrected chi connectivity index (χ0v) is 22.5. The highest BCUT2D eigenvalue weighted by atomic mass is 16.6. The first-order valence-corrected chi connectivity index (χ1v) is 13.0. The van der Waals surface area contributed by atoms with E-state index in [-0.39, 0.29) is 11.2 Å². The molecule has 0 saturated carbocycles. The van der Waals surface area contributed by atoms with Crippen molar-refractivity contribution in [1.29, 1.82) is 0 Å². The molecule has 12 heteroatoms. The predicted molar refractivity (Wildman–Crippen MR) is 147 cm³/mol. The molecule has 1 unspecified atom stereocenters. The molecule has 39 heavy (non-hydrogen) atoms. The number of aromatic amines is 1. The summed E-state index contributed by atoms with van der Waals surface area (Å²) in [5.74, 6) is 1.33. The number of nitrogens with zero attached hydrogens (tertiary/aromatic N) is 7. The van der Waals surface area contributed by atoms with Crippen LogP contribution in [-0.2, 0) is 5.54 Å². The van der Waals surface area contributed by atoms with Crippen molar-refractivity contribution in [2.75, 3.05) is 37.7 Å². The summed E-state index contributed by atoms with van der Waals surface area (Å²) in [6.45, 7) is 11.2. The first kappa shape index (κ1) is 26.3. The number of H-pyrrole nitrogens is 1. The van der Waals surface area contributed by atoms with E-state index < -0.39 is 16.5 Å². The molecule has 1 aliphatic heterocycles. The number of hydrogen-bond donors (Lipinski definition) is 1. The molecule has 0 spiro atoms. The number of fused-ring (bicyclic) bond motifs is 1. The predicted octanol–water partition coefficient (Wildman–Crippen LogP) is 3.49. The molecule has 2 aromatic heterocycles. The molecule has 5 rings (SSSR count). The number of pyridine rings is 1. The average Bonchev–Trinajstić information content (AvgIpc) is 3.40. The van der Waals surface area contributed by atoms with Crippen molar-refractivity contribution in [3.63, 3.8) is 0 Å². The van der Waals surface area contributed by atoms with Crippen LogP contribution in [0.1, 0.15) is 45.1 Å². The largest absolute Gasteiger partial charge is 0.494 e. The highest BCUT2D eigenvalue weighted by Crippen LogP contribution is 2.31. The zero-order valence-electron chi connectivity index (χ0n) is 22.5. The molecule has 0 bridgehead atoms. The van der Waals surface area contributed by atoms with E-state index in [9.17, 15) is 14.9 Å². The normalized spacial score (nSPS) is 15.4. The van der Waals surface area contributed by atoms with E-state index in [0.717, 1.165) is 22.3 Å². The van der Waals surface area contributed by atoms with Gasteiger partial charge in [0.05, 0.1) is 17.1 Å². The lowest BCUT2D eigenvalue weighted by molar-refractivity contribution is -0.384. The second-order valence-corrected chi connectivity index (χ2v) is 10.6. The maximum absolute atomic E-state index is 13.5. The van der Waals surface area contributed by atoms with Crippen LogP contribution in [0.4, 0.5) is 11.4 Å². The summed E-state index contributed by atoms with van der Waals surface area (Å²) in [5, 5.41) is 24.6. The van der Waals surface area contributed by atoms with E-state index >= 15 is 0 Å². The number of benzene rings is 2. The summed E-state index contributed by atoms with van der Waals surface area (Å²) in [7, 11) is 0. The minimum atomic E-state index is -0.484. The fourth-order valence-corrected chi connectivity index (χ4v) is 5.03. The quantitative estimate of drug-likeness (QED) is 0.280. The van der Waals surface area contributed by atoms with E-state index in [4.69, 9.17) is 4.74 Å². The Kier molecular flexibility index (Phi) is 7.04. The van der Waals surface area contributed by atoms with Gasteiger partial charge in [-0.25, -0.2) is 4.68 Å². The van der Waals surface area contributed by atoms with Crippen molar-refractivity contribution in [2.24, 2.45) is 0 Å². The molecule has 2 aromatic carbocycles. The molecule has 0 aliphatic carbocycles. The highest BCUT2D eigenvalue weighted by Gasteiger charge is 2.35. The lowest BCUT2D eigenvalue weighted by Crippen LogP contribution is -2.49. The number of aromatic nitrogens is 5. The number of nitro groups is 1. The Morgan fingerprint density at radius 1 is 1.08 bits per heavy atom. The fraction of sp³-hybridized carbons (Fsp3) is 0.407. The van der Waals surface area contributed by atoms with Crippen LogP contribution in [0.3, 0.4) is 0 Å². The number of piperazine rings is 1. The molecular formula is C27H32N8O4. The maximum Gasteiger partial charge on any atom is 0.269 e. The van der Waals surface area contributed by atoms with Crippen LogP contribution in [0, 0.1) is 10.1 Å². The highest BCUT2D eigenvalue weighted by molar-refractivity contribution is 5.80. The standard InChI is InChI=1S/C27H32N8O4/c1-5-39-21-10-11-23-18(16-21)17-22(26(36)28-23)24(25-29-30-31-34(25)27(2,3)4)33-14-12-32(13-15-33)19-6-8-20(9-7-19)35(37)38/h6-11,16-17,24H,5,12-15H2,1-4H3,(H,28,36). The van der Waals surface area contributed by atoms with Gasteiger partial charge in [-0.1, -0.05) is 0 Å². The van der Waals surface area contributed by atoms with E-state index in [0.29, 0.717) is 44.2 Å². The Morgan fingerprint density at radius 2 is 1.79 bits per heavy atom. The zero-order chi connectivity index (χ0) is 27.7. The summed E-state index contributed by atoms with van der Waals surface area (Å²) < 4.78 is 7.47. The lowest BCUT2D eigenvalue weighted by atomic mass is 10.0. The molecule has 12 nitrogen and oxygen atoms in total. The number of non-ortho nitro benzene ring substituents is 1. The minimum absolute atomic E-state index is 0.0643. The van der Waals surface area contributed by atoms with Crippen LogP contribution in [0.5, 0.6) is 5.75 Å². The Balaban J connectivity index is 1.52. The van der Waals surface area contributed by atoms with E-state index in [1.165, 1.54) is 12.1 Å². The van der Waals surface area contributed by atoms with E-state index in [1.54, 1.807) is 16.8 Å². The smallest absolute Gasteiger partial charge is 0.269 e. The Labute approximate surface area is 225 Å². The van der Waals surface area contributed by atoms with E-state index in [2.05, 4.69) is 30.3 Å². The molecule has 0 amide bonds. The first-order chi connectivity index (χ1) is 18.7. The SMILES string of the molecule is CCOc1ccc2[nH]c(=O)c(C(c3nnnn3C(C)(C)C)N3CCN(c4ccc([N+](=O)[O-])cc4)CC3)cc2c1. The number of nitro benzene ring substituents is 1. The van der Waals surface area contributed by atoms with Crippen molar-refractivity contribution >= 4 is 22.3 Å². The third kappa shape index (κ3) is 5.32. The molecule has 1 atom stereocenters. The van der Waals surface area contributed by atoms with Crippen LogP contribution in [0.15, 0.2) is 53.3 Å². The summed E-state index contributed by atoms with van der Waals surface area (Å²) in [6.07, 6.45) is 0. The van der Waals surface area contributed by atoms with Gasteiger partial charge in [-0.05, 0) is 74.5 Å². The summed E-state index contributed by atoms with van der Waals surface area (Å²) >= 11 is 0. The van der Waals surface area contributed by atoms with Gasteiger partial charge in [-0.3, -0.25) is 19.8 Å². The van der Waals surface area contributed by atoms with Crippen LogP contribution in [-0.4, -0.2) is 67.8 Å².